The van der Waals surface area contributed by atoms with E-state index in [-0.39, 0.29) is 5.56 Å². The topological polar surface area (TPSA) is 47.4 Å². The molecular formula is C22H27N3O2S. The highest BCUT2D eigenvalue weighted by molar-refractivity contribution is 7.18. The number of aryl methyl sites for hydroxylation is 2. The molecule has 0 unspecified atom stereocenters. The average Bonchev–Trinajstić information content (AvgIpc) is 3.30. The molecule has 0 amide bonds. The van der Waals surface area contributed by atoms with Crippen LogP contribution in [0, 0.1) is 13.8 Å². The molecule has 1 aliphatic heterocycles. The van der Waals surface area contributed by atoms with Crippen molar-refractivity contribution in [2.75, 3.05) is 19.7 Å². The highest BCUT2D eigenvalue weighted by Crippen LogP contribution is 2.26. The van der Waals surface area contributed by atoms with Crippen LogP contribution in [0.15, 0.2) is 35.1 Å². The van der Waals surface area contributed by atoms with Gasteiger partial charge in [-0.3, -0.25) is 14.3 Å². The van der Waals surface area contributed by atoms with Gasteiger partial charge in [0.1, 0.15) is 16.4 Å². The third kappa shape index (κ3) is 3.98. The van der Waals surface area contributed by atoms with Crippen molar-refractivity contribution in [3.63, 3.8) is 0 Å². The summed E-state index contributed by atoms with van der Waals surface area (Å²) >= 11 is 1.63. The lowest BCUT2D eigenvalue weighted by atomic mass is 10.2. The standard InChI is InChI=1S/C22H27N3O2S/c1-16-17(2)28-21-20(16)22(26)25(19(23-21)15-24-11-6-7-12-24)13-8-14-27-18-9-4-3-5-10-18/h3-5,9-10H,6-8,11-15H2,1-2H3. The minimum atomic E-state index is 0.0979. The Labute approximate surface area is 169 Å². The molecule has 0 N–H and O–H groups in total. The summed E-state index contributed by atoms with van der Waals surface area (Å²) in [5.41, 5.74) is 1.17. The molecule has 1 aliphatic rings. The van der Waals surface area contributed by atoms with E-state index in [9.17, 15) is 4.79 Å². The molecule has 0 atom stereocenters. The van der Waals surface area contributed by atoms with Gasteiger partial charge in [0.05, 0.1) is 18.5 Å². The molecule has 4 rings (SSSR count). The van der Waals surface area contributed by atoms with Gasteiger partial charge in [-0.2, -0.15) is 0 Å². The predicted octanol–water partition coefficient (Wildman–Crippen LogP) is 4.14. The van der Waals surface area contributed by atoms with Crippen molar-refractivity contribution in [3.05, 3.63) is 57.0 Å². The van der Waals surface area contributed by atoms with Crippen molar-refractivity contribution in [1.29, 1.82) is 0 Å². The summed E-state index contributed by atoms with van der Waals surface area (Å²) < 4.78 is 7.70. The molecule has 3 aromatic rings. The van der Waals surface area contributed by atoms with Crippen LogP contribution in [0.2, 0.25) is 0 Å². The summed E-state index contributed by atoms with van der Waals surface area (Å²) in [5, 5.41) is 0.789. The highest BCUT2D eigenvalue weighted by Gasteiger charge is 2.19. The number of thiophene rings is 1. The molecule has 0 radical (unpaired) electrons. The summed E-state index contributed by atoms with van der Waals surface area (Å²) in [6.07, 6.45) is 3.24. The van der Waals surface area contributed by atoms with Crippen molar-refractivity contribution in [2.24, 2.45) is 0 Å². The number of rotatable bonds is 7. The molecule has 0 spiro atoms. The first kappa shape index (κ1) is 19.2. The number of ether oxygens (including phenoxy) is 1. The van der Waals surface area contributed by atoms with Crippen LogP contribution in [0.5, 0.6) is 5.75 Å². The van der Waals surface area contributed by atoms with E-state index < -0.39 is 0 Å². The van der Waals surface area contributed by atoms with Crippen LogP contribution in [0.4, 0.5) is 0 Å². The molecule has 28 heavy (non-hydrogen) atoms. The summed E-state index contributed by atoms with van der Waals surface area (Å²) in [6.45, 7) is 8.24. The van der Waals surface area contributed by atoms with Crippen molar-refractivity contribution < 1.29 is 4.74 Å². The van der Waals surface area contributed by atoms with Crippen LogP contribution in [-0.4, -0.2) is 34.1 Å². The monoisotopic (exact) mass is 397 g/mol. The first-order valence-corrected chi connectivity index (χ1v) is 10.8. The molecule has 0 aliphatic carbocycles. The van der Waals surface area contributed by atoms with Gasteiger partial charge in [-0.1, -0.05) is 18.2 Å². The zero-order chi connectivity index (χ0) is 19.5. The number of benzene rings is 1. The zero-order valence-corrected chi connectivity index (χ0v) is 17.4. The van der Waals surface area contributed by atoms with Crippen LogP contribution >= 0.6 is 11.3 Å². The molecule has 2 aromatic heterocycles. The van der Waals surface area contributed by atoms with E-state index in [1.165, 1.54) is 17.7 Å². The Bertz CT molecular complexity index is 1000. The molecule has 1 fully saturated rings. The third-order valence-electron chi connectivity index (χ3n) is 5.47. The minimum absolute atomic E-state index is 0.0979. The lowest BCUT2D eigenvalue weighted by Crippen LogP contribution is -2.30. The quantitative estimate of drug-likeness (QED) is 0.562. The van der Waals surface area contributed by atoms with Gasteiger partial charge in [-0.25, -0.2) is 4.98 Å². The normalized spacial score (nSPS) is 14.8. The Morgan fingerprint density at radius 2 is 1.89 bits per heavy atom. The Hall–Kier alpha value is -2.18. The van der Waals surface area contributed by atoms with Gasteiger partial charge in [-0.05, 0) is 63.9 Å². The SMILES string of the molecule is Cc1sc2nc(CN3CCCC3)n(CCCOc3ccccc3)c(=O)c2c1C. The Kier molecular flexibility index (Phi) is 5.78. The molecule has 0 saturated carbocycles. The van der Waals surface area contributed by atoms with Crippen molar-refractivity contribution in [2.45, 2.75) is 46.2 Å². The third-order valence-corrected chi connectivity index (χ3v) is 6.57. The average molecular weight is 398 g/mol. The number of hydrogen-bond donors (Lipinski definition) is 0. The van der Waals surface area contributed by atoms with E-state index >= 15 is 0 Å². The Balaban J connectivity index is 1.57. The molecule has 3 heterocycles. The number of aromatic nitrogens is 2. The van der Waals surface area contributed by atoms with E-state index in [4.69, 9.17) is 9.72 Å². The maximum absolute atomic E-state index is 13.3. The highest BCUT2D eigenvalue weighted by atomic mass is 32.1. The molecule has 148 valence electrons. The summed E-state index contributed by atoms with van der Waals surface area (Å²) in [6, 6.07) is 9.82. The lowest BCUT2D eigenvalue weighted by Gasteiger charge is -2.18. The van der Waals surface area contributed by atoms with Crippen molar-refractivity contribution >= 4 is 21.6 Å². The van der Waals surface area contributed by atoms with Crippen LogP contribution < -0.4 is 10.3 Å². The van der Waals surface area contributed by atoms with Crippen LogP contribution in [-0.2, 0) is 13.1 Å². The number of para-hydroxylation sites is 1. The van der Waals surface area contributed by atoms with Crippen molar-refractivity contribution in [1.82, 2.24) is 14.5 Å². The van der Waals surface area contributed by atoms with Crippen LogP contribution in [0.1, 0.15) is 35.5 Å². The van der Waals surface area contributed by atoms with Crippen LogP contribution in [0.25, 0.3) is 10.2 Å². The number of nitrogens with zero attached hydrogens (tertiary/aromatic N) is 3. The van der Waals surface area contributed by atoms with E-state index in [0.29, 0.717) is 13.2 Å². The number of hydrogen-bond acceptors (Lipinski definition) is 5. The summed E-state index contributed by atoms with van der Waals surface area (Å²) in [5.74, 6) is 1.75. The molecule has 1 saturated heterocycles. The molecule has 6 heteroatoms. The van der Waals surface area contributed by atoms with Gasteiger partial charge in [0.2, 0.25) is 0 Å². The van der Waals surface area contributed by atoms with Gasteiger partial charge in [0.15, 0.2) is 0 Å². The fourth-order valence-electron chi connectivity index (χ4n) is 3.79. The first-order chi connectivity index (χ1) is 13.6. The van der Waals surface area contributed by atoms with Gasteiger partial charge < -0.3 is 4.74 Å². The zero-order valence-electron chi connectivity index (χ0n) is 16.6. The second-order valence-corrected chi connectivity index (χ2v) is 8.65. The summed E-state index contributed by atoms with van der Waals surface area (Å²) in [7, 11) is 0. The second-order valence-electron chi connectivity index (χ2n) is 7.45. The van der Waals surface area contributed by atoms with E-state index in [1.807, 2.05) is 41.8 Å². The Morgan fingerprint density at radius 3 is 2.64 bits per heavy atom. The van der Waals surface area contributed by atoms with E-state index in [0.717, 1.165) is 53.4 Å². The minimum Gasteiger partial charge on any atom is -0.494 e. The van der Waals surface area contributed by atoms with Crippen LogP contribution in [0.3, 0.4) is 0 Å². The maximum atomic E-state index is 13.3. The molecule has 0 bridgehead atoms. The molecule has 1 aromatic carbocycles. The van der Waals surface area contributed by atoms with Gasteiger partial charge >= 0.3 is 0 Å². The lowest BCUT2D eigenvalue weighted by molar-refractivity contribution is 0.290. The first-order valence-electron chi connectivity index (χ1n) is 10.0. The molecular weight excluding hydrogens is 370 g/mol. The van der Waals surface area contributed by atoms with E-state index in [2.05, 4.69) is 11.8 Å². The second kappa shape index (κ2) is 8.45. The van der Waals surface area contributed by atoms with E-state index in [1.54, 1.807) is 11.3 Å². The largest absolute Gasteiger partial charge is 0.494 e. The predicted molar refractivity (Wildman–Crippen MR) is 114 cm³/mol. The maximum Gasteiger partial charge on any atom is 0.262 e. The van der Waals surface area contributed by atoms with Gasteiger partial charge in [-0.15, -0.1) is 11.3 Å². The van der Waals surface area contributed by atoms with Gasteiger partial charge in [0.25, 0.3) is 5.56 Å². The number of likely N-dealkylation sites (tertiary alicyclic amines) is 1. The fraction of sp³-hybridized carbons (Fsp3) is 0.455. The Morgan fingerprint density at radius 1 is 1.14 bits per heavy atom. The van der Waals surface area contributed by atoms with Gasteiger partial charge in [0, 0.05) is 11.4 Å². The molecule has 5 nitrogen and oxygen atoms in total. The van der Waals surface area contributed by atoms with Crippen molar-refractivity contribution in [3.8, 4) is 5.75 Å². The smallest absolute Gasteiger partial charge is 0.262 e. The summed E-state index contributed by atoms with van der Waals surface area (Å²) in [4.78, 5) is 22.7. The number of fused-ring (bicyclic) bond motifs is 1. The fourth-order valence-corrected chi connectivity index (χ4v) is 4.83.